The molecule has 120 valence electrons. The number of carbonyl (C=O) groups excluding carboxylic acids is 1. The number of amides is 1. The molecule has 2 atom stereocenters. The highest BCUT2D eigenvalue weighted by Crippen LogP contribution is 2.39. The fourth-order valence-corrected chi connectivity index (χ4v) is 2.43. The van der Waals surface area contributed by atoms with Gasteiger partial charge in [-0.2, -0.15) is 13.2 Å². The lowest BCUT2D eigenvalue weighted by atomic mass is 10.1. The normalized spacial score (nSPS) is 20.2. The first-order chi connectivity index (χ1) is 10.8. The molecule has 3 N–H and O–H groups in total. The van der Waals surface area contributed by atoms with Crippen molar-refractivity contribution in [2.45, 2.75) is 24.6 Å². The molecule has 0 radical (unpaired) electrons. The molecular formula is C17H15F3N2O. The van der Waals surface area contributed by atoms with Crippen LogP contribution in [0.25, 0.3) is 0 Å². The van der Waals surface area contributed by atoms with Crippen LogP contribution in [0.1, 0.15) is 33.8 Å². The van der Waals surface area contributed by atoms with Crippen LogP contribution in [-0.2, 0) is 6.18 Å². The van der Waals surface area contributed by atoms with Crippen LogP contribution in [0.3, 0.4) is 0 Å². The largest absolute Gasteiger partial charge is 0.416 e. The van der Waals surface area contributed by atoms with E-state index < -0.39 is 17.6 Å². The van der Waals surface area contributed by atoms with Gasteiger partial charge in [0.2, 0.25) is 0 Å². The first kappa shape index (κ1) is 15.6. The highest BCUT2D eigenvalue weighted by atomic mass is 19.4. The van der Waals surface area contributed by atoms with Gasteiger partial charge in [0.15, 0.2) is 0 Å². The molecular weight excluding hydrogens is 305 g/mol. The van der Waals surface area contributed by atoms with Crippen molar-refractivity contribution in [2.24, 2.45) is 5.73 Å². The van der Waals surface area contributed by atoms with E-state index >= 15 is 0 Å². The third kappa shape index (κ3) is 3.53. The molecule has 0 heterocycles. The maximum absolute atomic E-state index is 12.5. The van der Waals surface area contributed by atoms with E-state index in [1.807, 2.05) is 12.1 Å². The quantitative estimate of drug-likeness (QED) is 0.904. The Balaban J connectivity index is 1.66. The number of alkyl halides is 3. The first-order valence-corrected chi connectivity index (χ1v) is 7.19. The van der Waals surface area contributed by atoms with Crippen molar-refractivity contribution in [2.75, 3.05) is 5.32 Å². The smallest absolute Gasteiger partial charge is 0.327 e. The van der Waals surface area contributed by atoms with Gasteiger partial charge in [0.05, 0.1) is 5.56 Å². The Morgan fingerprint density at radius 2 is 1.61 bits per heavy atom. The van der Waals surface area contributed by atoms with E-state index in [2.05, 4.69) is 5.32 Å². The molecule has 0 unspecified atom stereocenters. The second-order valence-corrected chi connectivity index (χ2v) is 5.66. The van der Waals surface area contributed by atoms with E-state index in [0.717, 1.165) is 36.2 Å². The molecule has 1 fully saturated rings. The van der Waals surface area contributed by atoms with Crippen LogP contribution >= 0.6 is 0 Å². The summed E-state index contributed by atoms with van der Waals surface area (Å²) in [5.41, 5.74) is 6.90. The van der Waals surface area contributed by atoms with E-state index in [0.29, 0.717) is 11.6 Å². The highest BCUT2D eigenvalue weighted by molar-refractivity contribution is 6.04. The zero-order valence-corrected chi connectivity index (χ0v) is 12.1. The maximum atomic E-state index is 12.5. The van der Waals surface area contributed by atoms with Crippen LogP contribution in [0.2, 0.25) is 0 Å². The van der Waals surface area contributed by atoms with Crippen LogP contribution in [0, 0.1) is 0 Å². The number of nitrogens with two attached hydrogens (primary N) is 1. The Kier molecular flexibility index (Phi) is 3.85. The van der Waals surface area contributed by atoms with Crippen molar-refractivity contribution in [3.63, 3.8) is 0 Å². The van der Waals surface area contributed by atoms with Crippen molar-refractivity contribution in [3.8, 4) is 0 Å². The van der Waals surface area contributed by atoms with E-state index in [1.165, 1.54) is 0 Å². The Hall–Kier alpha value is -2.34. The van der Waals surface area contributed by atoms with Crippen LogP contribution in [0.5, 0.6) is 0 Å². The van der Waals surface area contributed by atoms with Crippen molar-refractivity contribution in [1.29, 1.82) is 0 Å². The number of nitrogens with one attached hydrogen (secondary N) is 1. The Morgan fingerprint density at radius 1 is 1.04 bits per heavy atom. The number of hydrogen-bond donors (Lipinski definition) is 2. The summed E-state index contributed by atoms with van der Waals surface area (Å²) in [6.07, 6.45) is -3.44. The molecule has 2 aromatic carbocycles. The molecule has 1 aliphatic carbocycles. The average Bonchev–Trinajstić information content (AvgIpc) is 3.24. The van der Waals surface area contributed by atoms with Crippen LogP contribution in [0.4, 0.5) is 18.9 Å². The molecule has 0 aliphatic heterocycles. The fraction of sp³-hybridized carbons (Fsp3) is 0.235. The lowest BCUT2D eigenvalue weighted by Crippen LogP contribution is -2.13. The van der Waals surface area contributed by atoms with Crippen LogP contribution in [0.15, 0.2) is 48.5 Å². The molecule has 0 spiro atoms. The van der Waals surface area contributed by atoms with Gasteiger partial charge < -0.3 is 11.1 Å². The molecule has 23 heavy (non-hydrogen) atoms. The van der Waals surface area contributed by atoms with Gasteiger partial charge in [-0.15, -0.1) is 0 Å². The molecule has 3 rings (SSSR count). The van der Waals surface area contributed by atoms with E-state index in [1.54, 1.807) is 12.1 Å². The molecule has 3 nitrogen and oxygen atoms in total. The van der Waals surface area contributed by atoms with Gasteiger partial charge in [0, 0.05) is 23.2 Å². The summed E-state index contributed by atoms with van der Waals surface area (Å²) in [6.45, 7) is 0. The van der Waals surface area contributed by atoms with Gasteiger partial charge in [-0.3, -0.25) is 4.79 Å². The van der Waals surface area contributed by atoms with E-state index in [9.17, 15) is 18.0 Å². The molecule has 6 heteroatoms. The first-order valence-electron chi connectivity index (χ1n) is 7.19. The zero-order chi connectivity index (χ0) is 16.6. The minimum atomic E-state index is -4.41. The summed E-state index contributed by atoms with van der Waals surface area (Å²) in [5, 5.41) is 2.66. The number of benzene rings is 2. The lowest BCUT2D eigenvalue weighted by Gasteiger charge is -2.09. The number of halogens is 3. The molecule has 1 amide bonds. The van der Waals surface area contributed by atoms with Gasteiger partial charge in [0.1, 0.15) is 0 Å². The third-order valence-electron chi connectivity index (χ3n) is 3.91. The maximum Gasteiger partial charge on any atom is 0.416 e. The summed E-state index contributed by atoms with van der Waals surface area (Å²) in [4.78, 5) is 12.0. The third-order valence-corrected chi connectivity index (χ3v) is 3.91. The molecule has 1 saturated carbocycles. The van der Waals surface area contributed by atoms with Gasteiger partial charge >= 0.3 is 6.18 Å². The predicted molar refractivity (Wildman–Crippen MR) is 81.2 cm³/mol. The number of carbonyl (C=O) groups is 1. The van der Waals surface area contributed by atoms with Gasteiger partial charge in [-0.1, -0.05) is 12.1 Å². The fourth-order valence-electron chi connectivity index (χ4n) is 2.43. The number of anilines is 1. The summed E-state index contributed by atoms with van der Waals surface area (Å²) >= 11 is 0. The Morgan fingerprint density at radius 3 is 2.09 bits per heavy atom. The average molecular weight is 320 g/mol. The summed E-state index contributed by atoms with van der Waals surface area (Å²) in [6, 6.07) is 11.7. The summed E-state index contributed by atoms with van der Waals surface area (Å²) in [5.74, 6) is -0.0655. The van der Waals surface area contributed by atoms with Gasteiger partial charge in [-0.05, 0) is 48.4 Å². The Bertz CT molecular complexity index is 708. The molecule has 1 aliphatic rings. The molecule has 0 saturated heterocycles. The second-order valence-electron chi connectivity index (χ2n) is 5.66. The molecule has 0 aromatic heterocycles. The summed E-state index contributed by atoms with van der Waals surface area (Å²) < 4.78 is 37.5. The number of hydrogen-bond acceptors (Lipinski definition) is 2. The predicted octanol–water partition coefficient (Wildman–Crippen LogP) is 3.77. The minimum Gasteiger partial charge on any atom is -0.327 e. The minimum absolute atomic E-state index is 0.172. The van der Waals surface area contributed by atoms with Crippen molar-refractivity contribution in [3.05, 3.63) is 65.2 Å². The lowest BCUT2D eigenvalue weighted by molar-refractivity contribution is -0.137. The van der Waals surface area contributed by atoms with Gasteiger partial charge in [0.25, 0.3) is 5.91 Å². The Labute approximate surface area is 131 Å². The van der Waals surface area contributed by atoms with Crippen LogP contribution in [-0.4, -0.2) is 11.9 Å². The second kappa shape index (κ2) is 5.70. The highest BCUT2D eigenvalue weighted by Gasteiger charge is 2.34. The summed E-state index contributed by atoms with van der Waals surface area (Å²) in [7, 11) is 0. The van der Waals surface area contributed by atoms with E-state index in [4.69, 9.17) is 5.73 Å². The number of rotatable bonds is 3. The SMILES string of the molecule is N[C@@H]1C[C@H]1c1ccc(NC(=O)c2ccc(C(F)(F)F)cc2)cc1. The van der Waals surface area contributed by atoms with Crippen molar-refractivity contribution < 1.29 is 18.0 Å². The molecule has 2 aromatic rings. The van der Waals surface area contributed by atoms with E-state index in [-0.39, 0.29) is 11.6 Å². The topological polar surface area (TPSA) is 55.1 Å². The van der Waals surface area contributed by atoms with Gasteiger partial charge in [-0.25, -0.2) is 0 Å². The molecule has 0 bridgehead atoms. The van der Waals surface area contributed by atoms with Crippen molar-refractivity contribution in [1.82, 2.24) is 0 Å². The monoisotopic (exact) mass is 320 g/mol. The van der Waals surface area contributed by atoms with Crippen molar-refractivity contribution >= 4 is 11.6 Å². The standard InChI is InChI=1S/C17H15F3N2O/c18-17(19,20)12-5-1-11(2-6-12)16(23)22-13-7-3-10(4-8-13)14-9-15(14)21/h1-8,14-15H,9,21H2,(H,22,23)/t14-,15+/m0/s1. The zero-order valence-electron chi connectivity index (χ0n) is 12.1. The van der Waals surface area contributed by atoms with Crippen LogP contribution < -0.4 is 11.1 Å².